The molecule has 3 heterocycles. The largest absolute Gasteiger partial charge is 0.329 e. The number of aromatic nitrogens is 2. The van der Waals surface area contributed by atoms with E-state index in [2.05, 4.69) is 47.7 Å². The number of imidazole rings is 1. The van der Waals surface area contributed by atoms with Crippen molar-refractivity contribution in [1.82, 2.24) is 14.3 Å². The second-order valence-electron chi connectivity index (χ2n) is 6.05. The van der Waals surface area contributed by atoms with Gasteiger partial charge in [0, 0.05) is 31.5 Å². The van der Waals surface area contributed by atoms with Gasteiger partial charge in [-0.05, 0) is 43.9 Å². The normalized spacial score (nSPS) is 24.4. The molecule has 1 saturated heterocycles. The molecular formula is C16H24N4. The van der Waals surface area contributed by atoms with Gasteiger partial charge in [0.2, 0.25) is 0 Å². The van der Waals surface area contributed by atoms with Crippen molar-refractivity contribution in [3.63, 3.8) is 0 Å². The first-order valence-electron chi connectivity index (χ1n) is 7.56. The van der Waals surface area contributed by atoms with Crippen molar-refractivity contribution >= 4 is 5.65 Å². The Labute approximate surface area is 120 Å². The number of hydrogen-bond donors (Lipinski definition) is 1. The van der Waals surface area contributed by atoms with Gasteiger partial charge in [0.05, 0.1) is 5.69 Å². The van der Waals surface area contributed by atoms with Gasteiger partial charge >= 0.3 is 0 Å². The number of nitrogens with zero attached hydrogens (tertiary/aromatic N) is 3. The Balaban J connectivity index is 1.83. The lowest BCUT2D eigenvalue weighted by Crippen LogP contribution is -2.48. The fourth-order valence-corrected chi connectivity index (χ4v) is 3.40. The van der Waals surface area contributed by atoms with Crippen LogP contribution >= 0.6 is 0 Å². The molecule has 0 aromatic carbocycles. The molecule has 0 aliphatic carbocycles. The molecule has 20 heavy (non-hydrogen) atoms. The van der Waals surface area contributed by atoms with Crippen LogP contribution in [0.3, 0.4) is 0 Å². The zero-order valence-corrected chi connectivity index (χ0v) is 12.4. The van der Waals surface area contributed by atoms with Crippen molar-refractivity contribution in [2.45, 2.75) is 39.3 Å². The minimum Gasteiger partial charge on any atom is -0.329 e. The molecule has 2 unspecified atom stereocenters. The Morgan fingerprint density at radius 2 is 2.30 bits per heavy atom. The molecule has 0 amide bonds. The first-order valence-corrected chi connectivity index (χ1v) is 7.56. The van der Waals surface area contributed by atoms with Crippen LogP contribution in [0.5, 0.6) is 0 Å². The van der Waals surface area contributed by atoms with Gasteiger partial charge in [0.25, 0.3) is 0 Å². The van der Waals surface area contributed by atoms with Crippen molar-refractivity contribution in [3.05, 3.63) is 35.8 Å². The number of piperidine rings is 1. The summed E-state index contributed by atoms with van der Waals surface area (Å²) in [5.41, 5.74) is 9.40. The third-order valence-electron chi connectivity index (χ3n) is 4.57. The highest BCUT2D eigenvalue weighted by molar-refractivity contribution is 5.47. The van der Waals surface area contributed by atoms with Crippen LogP contribution in [0, 0.1) is 12.8 Å². The summed E-state index contributed by atoms with van der Waals surface area (Å²) in [5, 5.41) is 0. The van der Waals surface area contributed by atoms with Crippen LogP contribution < -0.4 is 5.73 Å². The topological polar surface area (TPSA) is 46.6 Å². The average molecular weight is 272 g/mol. The summed E-state index contributed by atoms with van der Waals surface area (Å²) in [6.45, 7) is 7.22. The molecule has 2 atom stereocenters. The van der Waals surface area contributed by atoms with Crippen molar-refractivity contribution in [2.24, 2.45) is 11.7 Å². The summed E-state index contributed by atoms with van der Waals surface area (Å²) in [4.78, 5) is 7.29. The molecule has 108 valence electrons. The number of aryl methyl sites for hydroxylation is 1. The van der Waals surface area contributed by atoms with Gasteiger partial charge < -0.3 is 10.1 Å². The van der Waals surface area contributed by atoms with Gasteiger partial charge in [0.1, 0.15) is 5.65 Å². The number of fused-ring (bicyclic) bond motifs is 1. The molecule has 2 aromatic rings. The first-order chi connectivity index (χ1) is 9.69. The minimum absolute atomic E-state index is 0.495. The number of pyridine rings is 1. The molecule has 4 heteroatoms. The molecule has 1 aliphatic rings. The second kappa shape index (κ2) is 5.54. The minimum atomic E-state index is 0.495. The quantitative estimate of drug-likeness (QED) is 0.932. The Morgan fingerprint density at radius 1 is 1.45 bits per heavy atom. The zero-order chi connectivity index (χ0) is 14.1. The number of hydrogen-bond acceptors (Lipinski definition) is 3. The highest BCUT2D eigenvalue weighted by atomic mass is 15.2. The lowest BCUT2D eigenvalue weighted by Gasteiger charge is -2.39. The van der Waals surface area contributed by atoms with E-state index in [1.165, 1.54) is 18.4 Å². The average Bonchev–Trinajstić information content (AvgIpc) is 2.83. The van der Waals surface area contributed by atoms with Crippen LogP contribution in [0.15, 0.2) is 24.5 Å². The molecule has 2 aromatic heterocycles. The van der Waals surface area contributed by atoms with Crippen molar-refractivity contribution in [1.29, 1.82) is 0 Å². The van der Waals surface area contributed by atoms with Gasteiger partial charge in [0.15, 0.2) is 0 Å². The fraction of sp³-hybridized carbons (Fsp3) is 0.562. The van der Waals surface area contributed by atoms with Crippen molar-refractivity contribution < 1.29 is 0 Å². The fourth-order valence-electron chi connectivity index (χ4n) is 3.40. The molecule has 2 N–H and O–H groups in total. The Hall–Kier alpha value is -1.39. The Morgan fingerprint density at radius 3 is 3.05 bits per heavy atom. The SMILES string of the molecule is Cc1cccn2cc(CN3CCCC(C)C3CN)nc12. The van der Waals surface area contributed by atoms with Gasteiger partial charge in [-0.25, -0.2) is 4.98 Å². The molecule has 0 bridgehead atoms. The maximum atomic E-state index is 5.97. The number of nitrogens with two attached hydrogens (primary N) is 1. The molecule has 0 spiro atoms. The smallest absolute Gasteiger partial charge is 0.139 e. The van der Waals surface area contributed by atoms with Crippen LogP contribution in [0.4, 0.5) is 0 Å². The summed E-state index contributed by atoms with van der Waals surface area (Å²) in [7, 11) is 0. The van der Waals surface area contributed by atoms with Crippen LogP contribution in [-0.2, 0) is 6.54 Å². The van der Waals surface area contributed by atoms with E-state index in [9.17, 15) is 0 Å². The summed E-state index contributed by atoms with van der Waals surface area (Å²) < 4.78 is 2.12. The molecular weight excluding hydrogens is 248 g/mol. The summed E-state index contributed by atoms with van der Waals surface area (Å²) in [6.07, 6.45) is 6.78. The van der Waals surface area contributed by atoms with E-state index < -0.39 is 0 Å². The molecule has 1 fully saturated rings. The van der Waals surface area contributed by atoms with Crippen LogP contribution in [0.2, 0.25) is 0 Å². The maximum absolute atomic E-state index is 5.97. The predicted octanol–water partition coefficient (Wildman–Crippen LogP) is 2.20. The first kappa shape index (κ1) is 13.6. The van der Waals surface area contributed by atoms with Crippen LogP contribution in [0.25, 0.3) is 5.65 Å². The monoisotopic (exact) mass is 272 g/mol. The number of rotatable bonds is 3. The highest BCUT2D eigenvalue weighted by Gasteiger charge is 2.27. The van der Waals surface area contributed by atoms with E-state index in [4.69, 9.17) is 10.7 Å². The molecule has 1 aliphatic heterocycles. The molecule has 0 radical (unpaired) electrons. The third-order valence-corrected chi connectivity index (χ3v) is 4.57. The van der Waals surface area contributed by atoms with E-state index in [1.54, 1.807) is 0 Å². The van der Waals surface area contributed by atoms with Gasteiger partial charge in [-0.1, -0.05) is 13.0 Å². The highest BCUT2D eigenvalue weighted by Crippen LogP contribution is 2.24. The van der Waals surface area contributed by atoms with Gasteiger partial charge in [-0.3, -0.25) is 4.90 Å². The van der Waals surface area contributed by atoms with Crippen molar-refractivity contribution in [3.8, 4) is 0 Å². The summed E-state index contributed by atoms with van der Waals surface area (Å²) in [5.74, 6) is 0.688. The van der Waals surface area contributed by atoms with Crippen molar-refractivity contribution in [2.75, 3.05) is 13.1 Å². The van der Waals surface area contributed by atoms with Crippen LogP contribution in [-0.4, -0.2) is 33.4 Å². The van der Waals surface area contributed by atoms with E-state index in [1.807, 2.05) is 0 Å². The summed E-state index contributed by atoms with van der Waals surface area (Å²) >= 11 is 0. The predicted molar refractivity (Wildman–Crippen MR) is 81.6 cm³/mol. The zero-order valence-electron chi connectivity index (χ0n) is 12.4. The van der Waals surface area contributed by atoms with Crippen LogP contribution in [0.1, 0.15) is 31.0 Å². The molecule has 4 nitrogen and oxygen atoms in total. The Kier molecular flexibility index (Phi) is 3.76. The third kappa shape index (κ3) is 2.45. The van der Waals surface area contributed by atoms with Gasteiger partial charge in [-0.2, -0.15) is 0 Å². The number of likely N-dealkylation sites (tertiary alicyclic amines) is 1. The molecule has 0 saturated carbocycles. The standard InChI is InChI=1S/C16H24N4/c1-12-5-3-7-19(15(12)9-17)10-14-11-20-8-4-6-13(2)16(20)18-14/h4,6,8,11-12,15H,3,5,7,9-10,17H2,1-2H3. The second-order valence-corrected chi connectivity index (χ2v) is 6.05. The lowest BCUT2D eigenvalue weighted by molar-refractivity contribution is 0.0979. The van der Waals surface area contributed by atoms with E-state index in [-0.39, 0.29) is 0 Å². The maximum Gasteiger partial charge on any atom is 0.139 e. The summed E-state index contributed by atoms with van der Waals surface area (Å²) in [6, 6.07) is 4.67. The van der Waals surface area contributed by atoms with E-state index in [0.29, 0.717) is 12.0 Å². The van der Waals surface area contributed by atoms with E-state index in [0.717, 1.165) is 31.0 Å². The lowest BCUT2D eigenvalue weighted by atomic mass is 9.91. The van der Waals surface area contributed by atoms with Gasteiger partial charge in [-0.15, -0.1) is 0 Å². The Bertz CT molecular complexity index is 589. The van der Waals surface area contributed by atoms with E-state index >= 15 is 0 Å². The molecule has 3 rings (SSSR count).